The lowest BCUT2D eigenvalue weighted by molar-refractivity contribution is 0.0946. The molecule has 2 aromatic carbocycles. The first-order chi connectivity index (χ1) is 15.1. The highest BCUT2D eigenvalue weighted by Crippen LogP contribution is 2.25. The second-order valence-corrected chi connectivity index (χ2v) is 11.2. The van der Waals surface area contributed by atoms with Gasteiger partial charge in [-0.15, -0.1) is 0 Å². The highest BCUT2D eigenvalue weighted by atomic mass is 32.2. The van der Waals surface area contributed by atoms with E-state index in [1.807, 2.05) is 24.3 Å². The summed E-state index contributed by atoms with van der Waals surface area (Å²) in [6.07, 6.45) is 2.80. The first-order valence-corrected chi connectivity index (χ1v) is 12.7. The summed E-state index contributed by atoms with van der Waals surface area (Å²) < 4.78 is 33.4. The maximum atomic E-state index is 13.1. The topological polar surface area (TPSA) is 75.7 Å². The maximum Gasteiger partial charge on any atom is 0.251 e. The van der Waals surface area contributed by atoms with Crippen molar-refractivity contribution in [3.63, 3.8) is 0 Å². The van der Waals surface area contributed by atoms with E-state index in [1.54, 1.807) is 19.1 Å². The molecular weight excluding hydrogens is 424 g/mol. The zero-order valence-electron chi connectivity index (χ0n) is 19.5. The molecule has 174 valence electrons. The van der Waals surface area contributed by atoms with E-state index < -0.39 is 10.0 Å². The highest BCUT2D eigenvalue weighted by molar-refractivity contribution is 7.89. The number of ether oxygens (including phenoxy) is 1. The van der Waals surface area contributed by atoms with Crippen molar-refractivity contribution in [2.75, 3.05) is 26.2 Å². The van der Waals surface area contributed by atoms with E-state index in [0.717, 1.165) is 25.0 Å². The molecule has 1 saturated heterocycles. The summed E-state index contributed by atoms with van der Waals surface area (Å²) in [5, 5.41) is 2.81. The van der Waals surface area contributed by atoms with Crippen LogP contribution in [-0.2, 0) is 15.4 Å². The molecule has 32 heavy (non-hydrogen) atoms. The Morgan fingerprint density at radius 3 is 2.31 bits per heavy atom. The number of amides is 1. The molecule has 0 aromatic heterocycles. The Kier molecular flexibility index (Phi) is 7.62. The van der Waals surface area contributed by atoms with Crippen LogP contribution < -0.4 is 10.1 Å². The number of sulfonamides is 1. The largest absolute Gasteiger partial charge is 0.492 e. The SMILES string of the molecule is Cc1ccc(C(=O)NCCOc2ccc(C(C)(C)C)cc2)cc1S(=O)(=O)N1CCCCC1. The summed E-state index contributed by atoms with van der Waals surface area (Å²) in [4.78, 5) is 12.8. The third-order valence-electron chi connectivity index (χ3n) is 5.76. The lowest BCUT2D eigenvalue weighted by Gasteiger charge is -2.26. The molecule has 0 spiro atoms. The van der Waals surface area contributed by atoms with Gasteiger partial charge in [-0.2, -0.15) is 4.31 Å². The smallest absolute Gasteiger partial charge is 0.251 e. The first kappa shape index (κ1) is 24.3. The fraction of sp³-hybridized carbons (Fsp3) is 0.480. The summed E-state index contributed by atoms with van der Waals surface area (Å²) in [7, 11) is -3.60. The van der Waals surface area contributed by atoms with Crippen LogP contribution in [0.3, 0.4) is 0 Å². The molecule has 1 N–H and O–H groups in total. The molecule has 7 heteroatoms. The van der Waals surface area contributed by atoms with Gasteiger partial charge in [-0.1, -0.05) is 45.4 Å². The van der Waals surface area contributed by atoms with Gasteiger partial charge in [0.15, 0.2) is 0 Å². The van der Waals surface area contributed by atoms with Crippen LogP contribution in [0.2, 0.25) is 0 Å². The highest BCUT2D eigenvalue weighted by Gasteiger charge is 2.28. The molecule has 0 atom stereocenters. The number of hydrogen-bond acceptors (Lipinski definition) is 4. The molecule has 0 bridgehead atoms. The van der Waals surface area contributed by atoms with E-state index in [-0.39, 0.29) is 16.2 Å². The minimum atomic E-state index is -3.60. The van der Waals surface area contributed by atoms with Crippen LogP contribution >= 0.6 is 0 Å². The third kappa shape index (κ3) is 5.90. The molecule has 0 radical (unpaired) electrons. The van der Waals surface area contributed by atoms with Gasteiger partial charge < -0.3 is 10.1 Å². The second-order valence-electron chi connectivity index (χ2n) is 9.32. The van der Waals surface area contributed by atoms with E-state index in [9.17, 15) is 13.2 Å². The van der Waals surface area contributed by atoms with Crippen molar-refractivity contribution in [1.29, 1.82) is 0 Å². The van der Waals surface area contributed by atoms with E-state index in [0.29, 0.717) is 37.4 Å². The molecule has 0 aliphatic carbocycles. The van der Waals surface area contributed by atoms with Crippen LogP contribution in [-0.4, -0.2) is 44.9 Å². The Balaban J connectivity index is 1.58. The van der Waals surface area contributed by atoms with Crippen molar-refractivity contribution in [1.82, 2.24) is 9.62 Å². The van der Waals surface area contributed by atoms with Crippen LogP contribution in [0.15, 0.2) is 47.4 Å². The zero-order valence-corrected chi connectivity index (χ0v) is 20.3. The van der Waals surface area contributed by atoms with Gasteiger partial charge in [-0.3, -0.25) is 4.79 Å². The normalized spacial score (nSPS) is 15.4. The minimum Gasteiger partial charge on any atom is -0.492 e. The molecule has 1 fully saturated rings. The molecule has 1 heterocycles. The maximum absolute atomic E-state index is 13.1. The zero-order chi connectivity index (χ0) is 23.4. The second kappa shape index (κ2) is 10.0. The van der Waals surface area contributed by atoms with Gasteiger partial charge >= 0.3 is 0 Å². The standard InChI is InChI=1S/C25H34N2O4S/c1-19-8-9-20(18-23(19)32(29,30)27-15-6-5-7-16-27)24(28)26-14-17-31-22-12-10-21(11-13-22)25(2,3)4/h8-13,18H,5-7,14-17H2,1-4H3,(H,26,28). The Bertz CT molecular complexity index is 1030. The Labute approximate surface area is 192 Å². The number of carbonyl (C=O) groups is 1. The average molecular weight is 459 g/mol. The van der Waals surface area contributed by atoms with Gasteiger partial charge in [0.25, 0.3) is 5.91 Å². The fourth-order valence-electron chi connectivity index (χ4n) is 3.75. The van der Waals surface area contributed by atoms with Crippen molar-refractivity contribution in [2.45, 2.75) is 57.3 Å². The summed E-state index contributed by atoms with van der Waals surface area (Å²) in [6.45, 7) is 9.95. The van der Waals surface area contributed by atoms with Gasteiger partial charge in [0.2, 0.25) is 10.0 Å². The van der Waals surface area contributed by atoms with Gasteiger partial charge in [0.1, 0.15) is 12.4 Å². The average Bonchev–Trinajstić information content (AvgIpc) is 2.77. The van der Waals surface area contributed by atoms with Crippen LogP contribution in [0, 0.1) is 6.92 Å². The number of benzene rings is 2. The van der Waals surface area contributed by atoms with Gasteiger partial charge in [0, 0.05) is 18.7 Å². The molecule has 3 rings (SSSR count). The number of hydrogen-bond donors (Lipinski definition) is 1. The van der Waals surface area contributed by atoms with E-state index >= 15 is 0 Å². The number of carbonyl (C=O) groups excluding carboxylic acids is 1. The Morgan fingerprint density at radius 1 is 1.03 bits per heavy atom. The Morgan fingerprint density at radius 2 is 1.69 bits per heavy atom. The van der Waals surface area contributed by atoms with E-state index in [4.69, 9.17) is 4.74 Å². The van der Waals surface area contributed by atoms with Crippen LogP contribution in [0.4, 0.5) is 0 Å². The molecule has 1 aliphatic heterocycles. The number of aryl methyl sites for hydroxylation is 1. The van der Waals surface area contributed by atoms with E-state index in [2.05, 4.69) is 26.1 Å². The molecule has 6 nitrogen and oxygen atoms in total. The van der Waals surface area contributed by atoms with Crippen molar-refractivity contribution in [3.05, 3.63) is 59.2 Å². The number of piperidine rings is 1. The van der Waals surface area contributed by atoms with Crippen molar-refractivity contribution >= 4 is 15.9 Å². The quantitative estimate of drug-likeness (QED) is 0.629. The summed E-state index contributed by atoms with van der Waals surface area (Å²) >= 11 is 0. The molecule has 1 aliphatic rings. The molecule has 0 unspecified atom stereocenters. The van der Waals surface area contributed by atoms with Crippen molar-refractivity contribution < 1.29 is 17.9 Å². The molecular formula is C25H34N2O4S. The lowest BCUT2D eigenvalue weighted by Crippen LogP contribution is -2.36. The fourth-order valence-corrected chi connectivity index (χ4v) is 5.52. The first-order valence-electron chi connectivity index (χ1n) is 11.2. The number of nitrogens with one attached hydrogen (secondary N) is 1. The lowest BCUT2D eigenvalue weighted by atomic mass is 9.87. The summed E-state index contributed by atoms with van der Waals surface area (Å²) in [5.41, 5.74) is 2.30. The molecule has 1 amide bonds. The molecule has 2 aromatic rings. The van der Waals surface area contributed by atoms with Crippen LogP contribution in [0.1, 0.15) is 61.5 Å². The summed E-state index contributed by atoms with van der Waals surface area (Å²) in [5.74, 6) is 0.435. The number of nitrogens with zero attached hydrogens (tertiary/aromatic N) is 1. The molecule has 0 saturated carbocycles. The van der Waals surface area contributed by atoms with Gasteiger partial charge in [-0.25, -0.2) is 8.42 Å². The predicted octanol–water partition coefficient (Wildman–Crippen LogP) is 4.28. The Hall–Kier alpha value is -2.38. The minimum absolute atomic E-state index is 0.0842. The van der Waals surface area contributed by atoms with Crippen molar-refractivity contribution in [3.8, 4) is 5.75 Å². The van der Waals surface area contributed by atoms with Crippen LogP contribution in [0.25, 0.3) is 0 Å². The van der Waals surface area contributed by atoms with Gasteiger partial charge in [-0.05, 0) is 60.6 Å². The summed E-state index contributed by atoms with van der Waals surface area (Å²) in [6, 6.07) is 12.8. The number of rotatable bonds is 7. The third-order valence-corrected chi connectivity index (χ3v) is 7.80. The van der Waals surface area contributed by atoms with Crippen LogP contribution in [0.5, 0.6) is 5.75 Å². The van der Waals surface area contributed by atoms with Gasteiger partial charge in [0.05, 0.1) is 11.4 Å². The van der Waals surface area contributed by atoms with Crippen molar-refractivity contribution in [2.24, 2.45) is 0 Å². The van der Waals surface area contributed by atoms with E-state index in [1.165, 1.54) is 15.9 Å². The monoisotopic (exact) mass is 458 g/mol. The predicted molar refractivity (Wildman–Crippen MR) is 127 cm³/mol.